The van der Waals surface area contributed by atoms with Crippen LogP contribution in [-0.2, 0) is 6.42 Å². The first-order valence-electron chi connectivity index (χ1n) is 6.04. The predicted octanol–water partition coefficient (Wildman–Crippen LogP) is 2.38. The Hall–Kier alpha value is -2.36. The molecule has 0 radical (unpaired) electrons. The molecule has 3 nitrogen and oxygen atoms in total. The average molecular weight is 258 g/mol. The zero-order valence-electron chi connectivity index (χ0n) is 10.4. The number of amides is 1. The Morgan fingerprint density at radius 2 is 1.79 bits per heavy atom. The van der Waals surface area contributed by atoms with Crippen molar-refractivity contribution >= 4 is 11.6 Å². The highest BCUT2D eigenvalue weighted by atomic mass is 19.1. The molecule has 98 valence electrons. The fraction of sp³-hybridized carbons (Fsp3) is 0.133. The van der Waals surface area contributed by atoms with E-state index >= 15 is 0 Å². The van der Waals surface area contributed by atoms with Crippen LogP contribution in [0.1, 0.15) is 15.9 Å². The summed E-state index contributed by atoms with van der Waals surface area (Å²) >= 11 is 0. The lowest BCUT2D eigenvalue weighted by molar-refractivity contribution is 0.0955. The van der Waals surface area contributed by atoms with E-state index in [1.54, 1.807) is 42.5 Å². The summed E-state index contributed by atoms with van der Waals surface area (Å²) in [5, 5.41) is 2.73. The smallest absolute Gasteiger partial charge is 0.253 e. The summed E-state index contributed by atoms with van der Waals surface area (Å²) in [5.41, 5.74) is 7.17. The summed E-state index contributed by atoms with van der Waals surface area (Å²) in [6, 6.07) is 13.4. The van der Waals surface area contributed by atoms with Crippen molar-refractivity contribution in [1.82, 2.24) is 5.32 Å². The molecule has 2 aromatic carbocycles. The van der Waals surface area contributed by atoms with Gasteiger partial charge in [-0.25, -0.2) is 4.39 Å². The van der Waals surface area contributed by atoms with E-state index in [-0.39, 0.29) is 11.7 Å². The maximum atomic E-state index is 13.4. The first kappa shape index (κ1) is 13.1. The number of anilines is 1. The lowest BCUT2D eigenvalue weighted by Crippen LogP contribution is -2.26. The predicted molar refractivity (Wildman–Crippen MR) is 73.3 cm³/mol. The number of nitrogens with two attached hydrogens (primary N) is 1. The van der Waals surface area contributed by atoms with E-state index in [2.05, 4.69) is 5.32 Å². The lowest BCUT2D eigenvalue weighted by Gasteiger charge is -2.07. The van der Waals surface area contributed by atoms with Gasteiger partial charge in [-0.1, -0.05) is 30.3 Å². The maximum absolute atomic E-state index is 13.4. The van der Waals surface area contributed by atoms with E-state index in [9.17, 15) is 9.18 Å². The van der Waals surface area contributed by atoms with Gasteiger partial charge in [-0.2, -0.15) is 0 Å². The van der Waals surface area contributed by atoms with E-state index in [0.29, 0.717) is 29.8 Å². The Morgan fingerprint density at radius 3 is 2.53 bits per heavy atom. The number of halogens is 1. The first-order valence-corrected chi connectivity index (χ1v) is 6.04. The third-order valence-electron chi connectivity index (χ3n) is 2.84. The second kappa shape index (κ2) is 6.00. The van der Waals surface area contributed by atoms with Crippen LogP contribution in [0.3, 0.4) is 0 Å². The van der Waals surface area contributed by atoms with Crippen molar-refractivity contribution in [3.8, 4) is 0 Å². The number of carbonyl (C=O) groups is 1. The first-order chi connectivity index (χ1) is 9.18. The molecular weight excluding hydrogens is 243 g/mol. The number of rotatable bonds is 4. The zero-order chi connectivity index (χ0) is 13.7. The van der Waals surface area contributed by atoms with Crippen LogP contribution < -0.4 is 11.1 Å². The van der Waals surface area contributed by atoms with Crippen LogP contribution in [0, 0.1) is 5.82 Å². The van der Waals surface area contributed by atoms with Crippen LogP contribution in [0.2, 0.25) is 0 Å². The summed E-state index contributed by atoms with van der Waals surface area (Å²) in [6.45, 7) is 0.369. The van der Waals surface area contributed by atoms with Crippen molar-refractivity contribution in [2.24, 2.45) is 0 Å². The highest BCUT2D eigenvalue weighted by Crippen LogP contribution is 2.10. The molecule has 0 atom stereocenters. The van der Waals surface area contributed by atoms with Gasteiger partial charge in [0, 0.05) is 12.2 Å². The molecule has 0 saturated carbocycles. The number of hydrogen-bond donors (Lipinski definition) is 2. The van der Waals surface area contributed by atoms with E-state index in [4.69, 9.17) is 5.73 Å². The second-order valence-corrected chi connectivity index (χ2v) is 4.18. The van der Waals surface area contributed by atoms with Crippen LogP contribution in [0.5, 0.6) is 0 Å². The van der Waals surface area contributed by atoms with Crippen molar-refractivity contribution in [3.05, 3.63) is 65.5 Å². The van der Waals surface area contributed by atoms with E-state index < -0.39 is 0 Å². The molecular formula is C15H15FN2O. The molecule has 0 fully saturated rings. The molecule has 19 heavy (non-hydrogen) atoms. The summed E-state index contributed by atoms with van der Waals surface area (Å²) in [5.74, 6) is -0.495. The Bertz CT molecular complexity index is 584. The molecule has 0 aliphatic carbocycles. The third-order valence-corrected chi connectivity index (χ3v) is 2.84. The standard InChI is InChI=1S/C15H15FN2O/c16-13-7-3-1-5-11(13)9-10-18-15(19)12-6-2-4-8-14(12)17/h1-8H,9-10,17H2,(H,18,19). The normalized spacial score (nSPS) is 10.2. The molecule has 3 N–H and O–H groups in total. The molecule has 0 aliphatic rings. The molecule has 0 heterocycles. The molecule has 0 aromatic heterocycles. The van der Waals surface area contributed by atoms with Gasteiger partial charge in [0.25, 0.3) is 5.91 Å². The number of carbonyl (C=O) groups excluding carboxylic acids is 1. The van der Waals surface area contributed by atoms with Gasteiger partial charge in [-0.15, -0.1) is 0 Å². The molecule has 0 aliphatic heterocycles. The van der Waals surface area contributed by atoms with Crippen LogP contribution in [0.4, 0.5) is 10.1 Å². The fourth-order valence-electron chi connectivity index (χ4n) is 1.81. The Morgan fingerprint density at radius 1 is 1.11 bits per heavy atom. The van der Waals surface area contributed by atoms with Gasteiger partial charge in [0.1, 0.15) is 5.82 Å². The van der Waals surface area contributed by atoms with Crippen LogP contribution >= 0.6 is 0 Å². The molecule has 0 spiro atoms. The average Bonchev–Trinajstić information content (AvgIpc) is 2.41. The van der Waals surface area contributed by atoms with Gasteiger partial charge >= 0.3 is 0 Å². The van der Waals surface area contributed by atoms with E-state index in [1.807, 2.05) is 0 Å². The zero-order valence-corrected chi connectivity index (χ0v) is 10.4. The van der Waals surface area contributed by atoms with Gasteiger partial charge in [0.05, 0.1) is 5.56 Å². The Balaban J connectivity index is 1.92. The van der Waals surface area contributed by atoms with Gasteiger partial charge in [0.15, 0.2) is 0 Å². The van der Waals surface area contributed by atoms with E-state index in [1.165, 1.54) is 6.07 Å². The van der Waals surface area contributed by atoms with Crippen molar-refractivity contribution in [2.45, 2.75) is 6.42 Å². The Labute approximate surface area is 111 Å². The van der Waals surface area contributed by atoms with Crippen LogP contribution in [0.15, 0.2) is 48.5 Å². The number of benzene rings is 2. The lowest BCUT2D eigenvalue weighted by atomic mass is 10.1. The minimum atomic E-state index is -0.254. The van der Waals surface area contributed by atoms with Crippen molar-refractivity contribution in [2.75, 3.05) is 12.3 Å². The van der Waals surface area contributed by atoms with Crippen molar-refractivity contribution < 1.29 is 9.18 Å². The quantitative estimate of drug-likeness (QED) is 0.827. The summed E-state index contributed by atoms with van der Waals surface area (Å²) < 4.78 is 13.4. The highest BCUT2D eigenvalue weighted by molar-refractivity contribution is 5.99. The summed E-state index contributed by atoms with van der Waals surface area (Å²) in [6.07, 6.45) is 0.450. The van der Waals surface area contributed by atoms with Gasteiger partial charge < -0.3 is 11.1 Å². The topological polar surface area (TPSA) is 55.1 Å². The van der Waals surface area contributed by atoms with Gasteiger partial charge in [0.2, 0.25) is 0 Å². The van der Waals surface area contributed by atoms with Crippen molar-refractivity contribution in [3.63, 3.8) is 0 Å². The molecule has 4 heteroatoms. The monoisotopic (exact) mass is 258 g/mol. The fourth-order valence-corrected chi connectivity index (χ4v) is 1.81. The van der Waals surface area contributed by atoms with Gasteiger partial charge in [-0.05, 0) is 30.2 Å². The number of hydrogen-bond acceptors (Lipinski definition) is 2. The largest absolute Gasteiger partial charge is 0.398 e. The van der Waals surface area contributed by atoms with Crippen LogP contribution in [-0.4, -0.2) is 12.5 Å². The molecule has 2 aromatic rings. The molecule has 0 saturated heterocycles. The second-order valence-electron chi connectivity index (χ2n) is 4.18. The number of nitrogens with one attached hydrogen (secondary N) is 1. The minimum absolute atomic E-state index is 0.241. The van der Waals surface area contributed by atoms with Crippen molar-refractivity contribution in [1.29, 1.82) is 0 Å². The molecule has 0 bridgehead atoms. The number of nitrogen functional groups attached to an aromatic ring is 1. The third kappa shape index (κ3) is 3.31. The molecule has 2 rings (SSSR count). The highest BCUT2D eigenvalue weighted by Gasteiger charge is 2.08. The van der Waals surface area contributed by atoms with Gasteiger partial charge in [-0.3, -0.25) is 4.79 Å². The molecule has 0 unspecified atom stereocenters. The SMILES string of the molecule is Nc1ccccc1C(=O)NCCc1ccccc1F. The molecule has 1 amide bonds. The minimum Gasteiger partial charge on any atom is -0.398 e. The maximum Gasteiger partial charge on any atom is 0.253 e. The Kier molecular flexibility index (Phi) is 4.13. The summed E-state index contributed by atoms with van der Waals surface area (Å²) in [7, 11) is 0. The summed E-state index contributed by atoms with van der Waals surface area (Å²) in [4.78, 5) is 11.9. The number of para-hydroxylation sites is 1. The van der Waals surface area contributed by atoms with E-state index in [0.717, 1.165) is 0 Å². The van der Waals surface area contributed by atoms with Crippen LogP contribution in [0.25, 0.3) is 0 Å².